The van der Waals surface area contributed by atoms with E-state index in [0.717, 1.165) is 89.2 Å². The number of nitrogens with one attached hydrogen (secondary N) is 3. The fourth-order valence-electron chi connectivity index (χ4n) is 12.2. The van der Waals surface area contributed by atoms with E-state index in [-0.39, 0.29) is 45.5 Å². The predicted octanol–water partition coefficient (Wildman–Crippen LogP) is 16.0. The van der Waals surface area contributed by atoms with Crippen LogP contribution in [0.1, 0.15) is 154 Å². The van der Waals surface area contributed by atoms with Gasteiger partial charge in [0, 0.05) is 77.3 Å². The summed E-state index contributed by atoms with van der Waals surface area (Å²) in [4.78, 5) is 14.9. The van der Waals surface area contributed by atoms with Crippen molar-refractivity contribution in [2.75, 3.05) is 26.0 Å². The zero-order valence-corrected chi connectivity index (χ0v) is 53.2. The van der Waals surface area contributed by atoms with Crippen molar-refractivity contribution in [2.45, 2.75) is 131 Å². The number of nitrogens with zero attached hydrogens (tertiary/aromatic N) is 5. The lowest BCUT2D eigenvalue weighted by Gasteiger charge is -2.41. The molecule has 0 radical (unpaired) electrons. The number of rotatable bonds is 6. The summed E-state index contributed by atoms with van der Waals surface area (Å²) in [5, 5.41) is 24.6. The van der Waals surface area contributed by atoms with E-state index in [9.17, 15) is 10.8 Å². The molecule has 85 heavy (non-hydrogen) atoms. The van der Waals surface area contributed by atoms with E-state index in [1.54, 1.807) is 0 Å². The maximum atomic E-state index is 9.62. The van der Waals surface area contributed by atoms with Gasteiger partial charge in [0.05, 0.1) is 16.7 Å². The molecule has 2 aliphatic rings. The number of aliphatic imine (C=N–C) groups is 2. The molecule has 0 amide bonds. The monoisotopic (exact) mass is 1120 g/mol. The standard InChI is InChI=1S/C75H83BN8O/c1-71(2,3)47-29-25-45(26-30-47)67(77)80-69(79-16)56-23-19-21-54-55-22-20-24-57(70(82(17)18)81-68(78)46-27-31-48(32-28-46)72(4,5)6)66(55)84(65(54)56)53-43-61-64-63(44-53)85-62-40-36-51(75(13,14)15)42-59(62)76(64)58-41-50(74(10,11)12)35-39-60(58)83(61)52-37-33-49(34-38-52)73(7,8)9/h19-44,78H,1-18H3,(H2,77,79,80). The van der Waals surface area contributed by atoms with Crippen LogP contribution < -0.4 is 31.3 Å². The Kier molecular flexibility index (Phi) is 14.4. The predicted molar refractivity (Wildman–Crippen MR) is 362 cm³/mol. The van der Waals surface area contributed by atoms with Gasteiger partial charge in [-0.05, 0) is 114 Å². The molecule has 3 heterocycles. The highest BCUT2D eigenvalue weighted by atomic mass is 16.5. The van der Waals surface area contributed by atoms with Crippen molar-refractivity contribution in [2.24, 2.45) is 9.98 Å². The van der Waals surface area contributed by atoms with Gasteiger partial charge in [0.1, 0.15) is 23.2 Å². The first kappa shape index (κ1) is 58.3. The van der Waals surface area contributed by atoms with Gasteiger partial charge in [-0.25, -0.2) is 9.98 Å². The first-order chi connectivity index (χ1) is 39.9. The summed E-state index contributed by atoms with van der Waals surface area (Å²) in [6.07, 6.45) is 0. The maximum absolute atomic E-state index is 9.62. The van der Waals surface area contributed by atoms with Crippen molar-refractivity contribution in [3.63, 3.8) is 0 Å². The van der Waals surface area contributed by atoms with Crippen LogP contribution in [0.3, 0.4) is 0 Å². The summed E-state index contributed by atoms with van der Waals surface area (Å²) < 4.78 is 9.79. The second-order valence-corrected chi connectivity index (χ2v) is 28.7. The van der Waals surface area contributed by atoms with Gasteiger partial charge >= 0.3 is 0 Å². The fraction of sp³-hybridized carbons (Fsp3) is 0.307. The third-order valence-electron chi connectivity index (χ3n) is 17.2. The lowest BCUT2D eigenvalue weighted by atomic mass is 9.33. The Morgan fingerprint density at radius 3 is 1.44 bits per heavy atom. The summed E-state index contributed by atoms with van der Waals surface area (Å²) >= 11 is 0. The topological polar surface area (TPSA) is 105 Å². The minimum Gasteiger partial charge on any atom is -0.458 e. The van der Waals surface area contributed by atoms with E-state index >= 15 is 0 Å². The zero-order valence-electron chi connectivity index (χ0n) is 53.2. The lowest BCUT2D eigenvalue weighted by Crippen LogP contribution is -2.60. The summed E-state index contributed by atoms with van der Waals surface area (Å²) in [5.41, 5.74) is 18.3. The smallest absolute Gasteiger partial charge is 0.256 e. The van der Waals surface area contributed by atoms with E-state index in [1.807, 2.05) is 50.3 Å². The van der Waals surface area contributed by atoms with Crippen molar-refractivity contribution < 1.29 is 4.74 Å². The summed E-state index contributed by atoms with van der Waals surface area (Å²) in [6.45, 7) is 33.6. The number of ether oxygens (including phenoxy) is 1. The highest BCUT2D eigenvalue weighted by molar-refractivity contribution is 6.99. The first-order valence-electron chi connectivity index (χ1n) is 30.0. The average Bonchev–Trinajstić information content (AvgIpc) is 1.74. The maximum Gasteiger partial charge on any atom is 0.256 e. The molecule has 11 rings (SSSR count). The summed E-state index contributed by atoms with van der Waals surface area (Å²) in [5.74, 6) is 3.09. The summed E-state index contributed by atoms with van der Waals surface area (Å²) in [6, 6.07) is 56.8. The molecule has 1 aromatic heterocycles. The highest BCUT2D eigenvalue weighted by Crippen LogP contribution is 2.46. The molecule has 9 nitrogen and oxygen atoms in total. The molecule has 2 aliphatic heterocycles. The van der Waals surface area contributed by atoms with Crippen LogP contribution in [0.2, 0.25) is 0 Å². The van der Waals surface area contributed by atoms with E-state index in [4.69, 9.17) is 14.7 Å². The molecule has 0 saturated carbocycles. The molecular weight excluding hydrogens is 1040 g/mol. The number of hydrogen-bond donors (Lipinski definition) is 3. The van der Waals surface area contributed by atoms with Gasteiger partial charge in [0.2, 0.25) is 0 Å². The molecule has 0 fully saturated rings. The number of amidine groups is 4. The largest absolute Gasteiger partial charge is 0.458 e. The highest BCUT2D eigenvalue weighted by Gasteiger charge is 2.44. The van der Waals surface area contributed by atoms with Crippen LogP contribution in [0, 0.1) is 10.8 Å². The number of para-hydroxylation sites is 2. The molecule has 0 unspecified atom stereocenters. The molecule has 0 aliphatic carbocycles. The molecule has 9 aromatic rings. The van der Waals surface area contributed by atoms with Crippen molar-refractivity contribution in [3.05, 3.63) is 208 Å². The van der Waals surface area contributed by atoms with Crippen molar-refractivity contribution >= 4 is 85.3 Å². The third-order valence-corrected chi connectivity index (χ3v) is 17.2. The van der Waals surface area contributed by atoms with Crippen LogP contribution in [0.4, 0.5) is 17.1 Å². The van der Waals surface area contributed by atoms with Crippen LogP contribution in [0.25, 0.3) is 27.5 Å². The van der Waals surface area contributed by atoms with Gasteiger partial charge in [-0.2, -0.15) is 0 Å². The Labute approximate surface area is 505 Å². The Balaban J connectivity index is 1.24. The van der Waals surface area contributed by atoms with Crippen LogP contribution in [-0.2, 0) is 27.1 Å². The molecule has 10 heteroatoms. The Morgan fingerprint density at radius 2 is 0.929 bits per heavy atom. The van der Waals surface area contributed by atoms with Gasteiger partial charge < -0.3 is 24.4 Å². The van der Waals surface area contributed by atoms with E-state index in [2.05, 4.69) is 252 Å². The molecular formula is C75H83BN8O. The molecule has 0 saturated heterocycles. The number of aromatic nitrogens is 1. The number of hydrogen-bond acceptors (Lipinski definition) is 4. The number of fused-ring (bicyclic) bond motifs is 7. The Hall–Kier alpha value is -8.50. The lowest BCUT2D eigenvalue weighted by molar-refractivity contribution is 0.486. The first-order valence-corrected chi connectivity index (χ1v) is 30.0. The van der Waals surface area contributed by atoms with Crippen LogP contribution >= 0.6 is 0 Å². The van der Waals surface area contributed by atoms with Crippen molar-refractivity contribution in [3.8, 4) is 17.2 Å². The van der Waals surface area contributed by atoms with E-state index < -0.39 is 0 Å². The molecule has 0 bridgehead atoms. The number of benzene rings is 8. The second kappa shape index (κ2) is 20.9. The van der Waals surface area contributed by atoms with E-state index in [1.165, 1.54) is 33.3 Å². The van der Waals surface area contributed by atoms with E-state index in [0.29, 0.717) is 11.7 Å². The third kappa shape index (κ3) is 10.7. The SMILES string of the molecule is CNC(=NC(=N)c1ccc(C(C)(C)C)cc1)c1cccc2c3cccc(C(=NC(=N)c4ccc(C(C)(C)C)cc4)N(C)C)c3n(-c3cc4c5c(c3)N(c3ccc(C(C)(C)C)cc3)c3ccc(C(C)(C)C)cc3B5c3cc(C(C)(C)C)ccc3O4)c12. The van der Waals surface area contributed by atoms with Crippen molar-refractivity contribution in [1.29, 1.82) is 10.8 Å². The van der Waals surface area contributed by atoms with Gasteiger partial charge in [-0.1, -0.05) is 213 Å². The molecule has 0 atom stereocenters. The zero-order chi connectivity index (χ0) is 61.0. The van der Waals surface area contributed by atoms with Gasteiger partial charge in [-0.15, -0.1) is 0 Å². The van der Waals surface area contributed by atoms with Crippen LogP contribution in [0.5, 0.6) is 11.5 Å². The minimum absolute atomic E-state index is 0.0372. The molecule has 0 spiro atoms. The molecule has 8 aromatic carbocycles. The Bertz CT molecular complexity index is 4200. The van der Waals surface area contributed by atoms with Gasteiger partial charge in [-0.3, -0.25) is 10.8 Å². The van der Waals surface area contributed by atoms with Crippen molar-refractivity contribution in [1.82, 2.24) is 14.8 Å². The van der Waals surface area contributed by atoms with Gasteiger partial charge in [0.25, 0.3) is 6.71 Å². The quantitative estimate of drug-likeness (QED) is 0.0876. The molecule has 432 valence electrons. The molecule has 3 N–H and O–H groups in total. The second-order valence-electron chi connectivity index (χ2n) is 28.7. The normalized spacial score (nSPS) is 13.8. The fourth-order valence-corrected chi connectivity index (χ4v) is 12.2. The van der Waals surface area contributed by atoms with Crippen LogP contribution in [-0.4, -0.2) is 60.7 Å². The number of anilines is 3. The average molecular weight is 1120 g/mol. The summed E-state index contributed by atoms with van der Waals surface area (Å²) in [7, 11) is 5.89. The van der Waals surface area contributed by atoms with Gasteiger partial charge in [0.15, 0.2) is 11.7 Å². The Morgan fingerprint density at radius 1 is 0.471 bits per heavy atom. The minimum atomic E-state index is -0.153. The van der Waals surface area contributed by atoms with Crippen LogP contribution in [0.15, 0.2) is 168 Å².